The molecule has 2 N–H and O–H groups in total. The monoisotopic (exact) mass is 271 g/mol. The number of aliphatic hydroxyl groups excluding tert-OH is 1. The van der Waals surface area contributed by atoms with Gasteiger partial charge in [-0.1, -0.05) is 41.2 Å². The second kappa shape index (κ2) is 4.72. The minimum atomic E-state index is -0.626. The Bertz CT molecular complexity index is 667. The molecule has 1 aliphatic rings. The lowest BCUT2D eigenvalue weighted by atomic mass is 9.98. The number of fused-ring (bicyclic) bond motifs is 2. The fourth-order valence-corrected chi connectivity index (χ4v) is 3.33. The maximum atomic E-state index is 10.5. The Balaban J connectivity index is 2.11. The first-order valence-electron chi connectivity index (χ1n) is 5.98. The molecule has 2 aromatic rings. The van der Waals surface area contributed by atoms with E-state index in [1.54, 1.807) is 18.7 Å². The zero-order valence-corrected chi connectivity index (χ0v) is 11.2. The van der Waals surface area contributed by atoms with Crippen LogP contribution in [0.3, 0.4) is 0 Å². The third-order valence-corrected chi connectivity index (χ3v) is 4.49. The quantitative estimate of drug-likeness (QED) is 0.474. The van der Waals surface area contributed by atoms with Crippen LogP contribution in [0.2, 0.25) is 0 Å². The summed E-state index contributed by atoms with van der Waals surface area (Å²) in [6.07, 6.45) is -0.626. The summed E-state index contributed by atoms with van der Waals surface area (Å²) in [5, 5.41) is 22.5. The Labute approximate surface area is 115 Å². The van der Waals surface area contributed by atoms with Gasteiger partial charge in [-0.3, -0.25) is 0 Å². The normalized spacial score (nSPS) is 17.8. The highest BCUT2D eigenvalue weighted by atomic mass is 32.2. The number of rotatable bonds is 1. The molecule has 1 heterocycles. The van der Waals surface area contributed by atoms with E-state index in [-0.39, 0.29) is 0 Å². The summed E-state index contributed by atoms with van der Waals surface area (Å²) in [5.74, 6) is 0. The molecule has 3 rings (SSSR count). The maximum absolute atomic E-state index is 10.5. The smallest absolute Gasteiger partial charge is 0.106 e. The van der Waals surface area contributed by atoms with Crippen LogP contribution in [0, 0.1) is 0 Å². The van der Waals surface area contributed by atoms with Gasteiger partial charge in [-0.15, -0.1) is 0 Å². The van der Waals surface area contributed by atoms with Gasteiger partial charge in [0.15, 0.2) is 0 Å². The number of nitrogens with zero attached hydrogens (tertiary/aromatic N) is 1. The molecule has 3 nitrogen and oxygen atoms in total. The van der Waals surface area contributed by atoms with E-state index in [0.29, 0.717) is 5.71 Å². The molecule has 0 amide bonds. The maximum Gasteiger partial charge on any atom is 0.106 e. The van der Waals surface area contributed by atoms with Crippen molar-refractivity contribution in [3.63, 3.8) is 0 Å². The van der Waals surface area contributed by atoms with E-state index in [9.17, 15) is 5.11 Å². The van der Waals surface area contributed by atoms with Crippen LogP contribution < -0.4 is 0 Å². The van der Waals surface area contributed by atoms with Gasteiger partial charge in [-0.05, 0) is 41.8 Å². The molecule has 19 heavy (non-hydrogen) atoms. The second-order valence-electron chi connectivity index (χ2n) is 4.48. The van der Waals surface area contributed by atoms with Crippen LogP contribution in [0.1, 0.15) is 29.7 Å². The average Bonchev–Trinajstić information content (AvgIpc) is 2.46. The van der Waals surface area contributed by atoms with Crippen LogP contribution in [-0.4, -0.2) is 16.0 Å². The summed E-state index contributed by atoms with van der Waals surface area (Å²) in [6, 6.07) is 13.6. The van der Waals surface area contributed by atoms with E-state index >= 15 is 0 Å². The molecule has 1 atom stereocenters. The molecule has 4 heteroatoms. The van der Waals surface area contributed by atoms with Crippen molar-refractivity contribution in [1.29, 1.82) is 0 Å². The second-order valence-corrected chi connectivity index (χ2v) is 5.56. The van der Waals surface area contributed by atoms with Crippen molar-refractivity contribution >= 4 is 17.5 Å². The van der Waals surface area contributed by atoms with Crippen molar-refractivity contribution in [2.75, 3.05) is 0 Å². The number of hydrogen-bond donors (Lipinski definition) is 2. The molecule has 0 aliphatic carbocycles. The van der Waals surface area contributed by atoms with Crippen molar-refractivity contribution < 1.29 is 10.3 Å². The number of hydrogen-bond acceptors (Lipinski definition) is 4. The van der Waals surface area contributed by atoms with Crippen molar-refractivity contribution in [2.45, 2.75) is 22.8 Å². The lowest BCUT2D eigenvalue weighted by Gasteiger charge is -2.24. The molecular weight excluding hydrogens is 258 g/mol. The van der Waals surface area contributed by atoms with E-state index in [1.165, 1.54) is 0 Å². The molecule has 2 aromatic carbocycles. The highest BCUT2D eigenvalue weighted by Crippen LogP contribution is 2.44. The lowest BCUT2D eigenvalue weighted by molar-refractivity contribution is 0.213. The number of aliphatic hydroxyl groups is 1. The summed E-state index contributed by atoms with van der Waals surface area (Å²) in [5.41, 5.74) is 3.15. The van der Waals surface area contributed by atoms with E-state index in [4.69, 9.17) is 5.21 Å². The zero-order valence-electron chi connectivity index (χ0n) is 10.4. The first-order valence-corrected chi connectivity index (χ1v) is 6.80. The molecule has 1 aliphatic heterocycles. The SMILES string of the molecule is C/C(=N\O)c1ccc2c(c1)C(O)c1ccccc1S2. The Morgan fingerprint density at radius 2 is 1.84 bits per heavy atom. The molecular formula is C15H13NO2S. The third kappa shape index (κ3) is 2.03. The first kappa shape index (κ1) is 12.3. The predicted octanol–water partition coefficient (Wildman–Crippen LogP) is 3.43. The fourth-order valence-electron chi connectivity index (χ4n) is 2.22. The van der Waals surface area contributed by atoms with Gasteiger partial charge >= 0.3 is 0 Å². The average molecular weight is 271 g/mol. The summed E-state index contributed by atoms with van der Waals surface area (Å²) < 4.78 is 0. The van der Waals surface area contributed by atoms with Gasteiger partial charge < -0.3 is 10.3 Å². The zero-order chi connectivity index (χ0) is 13.4. The number of oxime groups is 1. The molecule has 0 aromatic heterocycles. The Hall–Kier alpha value is -1.78. The first-order chi connectivity index (χ1) is 9.20. The molecule has 0 saturated heterocycles. The van der Waals surface area contributed by atoms with Gasteiger partial charge in [0.05, 0.1) is 5.71 Å². The van der Waals surface area contributed by atoms with E-state index in [1.807, 2.05) is 42.5 Å². The van der Waals surface area contributed by atoms with Gasteiger partial charge in [-0.25, -0.2) is 0 Å². The van der Waals surface area contributed by atoms with Crippen molar-refractivity contribution in [1.82, 2.24) is 0 Å². The van der Waals surface area contributed by atoms with E-state index in [2.05, 4.69) is 5.16 Å². The Kier molecular flexibility index (Phi) is 3.05. The van der Waals surface area contributed by atoms with Crippen molar-refractivity contribution in [3.8, 4) is 0 Å². The molecule has 0 fully saturated rings. The molecule has 0 saturated carbocycles. The largest absolute Gasteiger partial charge is 0.411 e. The van der Waals surface area contributed by atoms with Gasteiger partial charge in [0.25, 0.3) is 0 Å². The van der Waals surface area contributed by atoms with Crippen LogP contribution in [0.5, 0.6) is 0 Å². The summed E-state index contributed by atoms with van der Waals surface area (Å²) in [7, 11) is 0. The molecule has 1 unspecified atom stereocenters. The van der Waals surface area contributed by atoms with E-state index < -0.39 is 6.10 Å². The standard InChI is InChI=1S/C15H13NO2S/c1-9(16-18)10-6-7-14-12(8-10)15(17)11-4-2-3-5-13(11)19-14/h2-8,15,17-18H,1H3/b16-9+. The summed E-state index contributed by atoms with van der Waals surface area (Å²) in [4.78, 5) is 2.13. The summed E-state index contributed by atoms with van der Waals surface area (Å²) >= 11 is 1.65. The molecule has 0 bridgehead atoms. The van der Waals surface area contributed by atoms with Gasteiger partial charge in [-0.2, -0.15) is 0 Å². The Morgan fingerprint density at radius 3 is 2.63 bits per heavy atom. The van der Waals surface area contributed by atoms with Gasteiger partial charge in [0, 0.05) is 9.79 Å². The molecule has 96 valence electrons. The van der Waals surface area contributed by atoms with Crippen LogP contribution in [-0.2, 0) is 0 Å². The number of benzene rings is 2. The van der Waals surface area contributed by atoms with Gasteiger partial charge in [0.1, 0.15) is 6.10 Å². The third-order valence-electron chi connectivity index (χ3n) is 3.31. The fraction of sp³-hybridized carbons (Fsp3) is 0.133. The lowest BCUT2D eigenvalue weighted by Crippen LogP contribution is -2.09. The Morgan fingerprint density at radius 1 is 1.11 bits per heavy atom. The van der Waals surface area contributed by atoms with Crippen LogP contribution >= 0.6 is 11.8 Å². The predicted molar refractivity (Wildman–Crippen MR) is 75.1 cm³/mol. The van der Waals surface area contributed by atoms with Crippen LogP contribution in [0.4, 0.5) is 0 Å². The highest BCUT2D eigenvalue weighted by Gasteiger charge is 2.24. The van der Waals surface area contributed by atoms with Crippen molar-refractivity contribution in [3.05, 3.63) is 59.2 Å². The minimum absolute atomic E-state index is 0.541. The minimum Gasteiger partial charge on any atom is -0.411 e. The topological polar surface area (TPSA) is 52.8 Å². The molecule has 0 radical (unpaired) electrons. The van der Waals surface area contributed by atoms with Gasteiger partial charge in [0.2, 0.25) is 0 Å². The van der Waals surface area contributed by atoms with E-state index in [0.717, 1.165) is 26.5 Å². The van der Waals surface area contributed by atoms with Crippen molar-refractivity contribution in [2.24, 2.45) is 5.16 Å². The van der Waals surface area contributed by atoms with Crippen LogP contribution in [0.25, 0.3) is 0 Å². The molecule has 0 spiro atoms. The highest BCUT2D eigenvalue weighted by molar-refractivity contribution is 7.99. The summed E-state index contributed by atoms with van der Waals surface area (Å²) in [6.45, 7) is 1.73. The van der Waals surface area contributed by atoms with Crippen LogP contribution in [0.15, 0.2) is 57.4 Å².